The molecule has 1 heterocycles. The molecule has 100 valence electrons. The Hall–Kier alpha value is -1.95. The van der Waals surface area contributed by atoms with E-state index in [9.17, 15) is 10.1 Å². The van der Waals surface area contributed by atoms with E-state index >= 15 is 0 Å². The second-order valence-electron chi connectivity index (χ2n) is 4.35. The molecule has 2 aromatic rings. The molecule has 1 N–H and O–H groups in total. The van der Waals surface area contributed by atoms with Crippen molar-refractivity contribution in [3.05, 3.63) is 50.0 Å². The Bertz CT molecular complexity index is 610. The van der Waals surface area contributed by atoms with E-state index < -0.39 is 4.92 Å². The van der Waals surface area contributed by atoms with Gasteiger partial charge in [0.25, 0.3) is 5.69 Å². The van der Waals surface area contributed by atoms with Gasteiger partial charge in [0.15, 0.2) is 0 Å². The van der Waals surface area contributed by atoms with Crippen LogP contribution in [0.3, 0.4) is 0 Å². The van der Waals surface area contributed by atoms with Gasteiger partial charge < -0.3 is 5.32 Å². The van der Waals surface area contributed by atoms with E-state index in [2.05, 4.69) is 10.3 Å². The first-order chi connectivity index (χ1) is 8.97. The number of thiazole rings is 1. The van der Waals surface area contributed by atoms with Crippen LogP contribution in [0.25, 0.3) is 0 Å². The molecule has 0 saturated carbocycles. The number of benzene rings is 1. The van der Waals surface area contributed by atoms with E-state index in [0.29, 0.717) is 0 Å². The summed E-state index contributed by atoms with van der Waals surface area (Å²) >= 11 is 1.66. The largest absolute Gasteiger partial charge is 0.377 e. The third kappa shape index (κ3) is 3.08. The molecule has 6 heteroatoms. The topological polar surface area (TPSA) is 68.1 Å². The summed E-state index contributed by atoms with van der Waals surface area (Å²) in [6, 6.07) is 6.52. The van der Waals surface area contributed by atoms with Gasteiger partial charge in [-0.2, -0.15) is 0 Å². The summed E-state index contributed by atoms with van der Waals surface area (Å²) in [5.41, 5.74) is 1.81. The highest BCUT2D eigenvalue weighted by Crippen LogP contribution is 2.26. The van der Waals surface area contributed by atoms with Crippen molar-refractivity contribution >= 4 is 22.7 Å². The molecule has 0 spiro atoms. The Balaban J connectivity index is 2.19. The maximum Gasteiger partial charge on any atom is 0.271 e. The number of nitrogens with zero attached hydrogens (tertiary/aromatic N) is 2. The van der Waals surface area contributed by atoms with Crippen LogP contribution in [-0.2, 0) is 0 Å². The smallest absolute Gasteiger partial charge is 0.271 e. The second kappa shape index (κ2) is 5.36. The number of rotatable bonds is 4. The summed E-state index contributed by atoms with van der Waals surface area (Å²) < 4.78 is 0. The van der Waals surface area contributed by atoms with E-state index in [1.54, 1.807) is 17.4 Å². The van der Waals surface area contributed by atoms with Crippen molar-refractivity contribution in [1.29, 1.82) is 0 Å². The van der Waals surface area contributed by atoms with Gasteiger partial charge in [-0.3, -0.25) is 10.1 Å². The Morgan fingerprint density at radius 2 is 2.16 bits per heavy atom. The molecular weight excluding hydrogens is 262 g/mol. The number of nitro groups is 1. The zero-order valence-corrected chi connectivity index (χ0v) is 11.8. The molecule has 1 unspecified atom stereocenters. The fourth-order valence-electron chi connectivity index (χ4n) is 1.97. The third-order valence-electron chi connectivity index (χ3n) is 2.79. The van der Waals surface area contributed by atoms with Gasteiger partial charge in [0, 0.05) is 22.7 Å². The van der Waals surface area contributed by atoms with Crippen LogP contribution >= 0.6 is 11.3 Å². The number of hydrogen-bond donors (Lipinski definition) is 1. The molecule has 5 nitrogen and oxygen atoms in total. The first-order valence-electron chi connectivity index (χ1n) is 5.92. The van der Waals surface area contributed by atoms with Crippen molar-refractivity contribution < 1.29 is 4.92 Å². The van der Waals surface area contributed by atoms with Gasteiger partial charge in [0.2, 0.25) is 0 Å². The lowest BCUT2D eigenvalue weighted by Crippen LogP contribution is -2.08. The number of aryl methyl sites for hydroxylation is 2. The lowest BCUT2D eigenvalue weighted by Gasteiger charge is -2.14. The van der Waals surface area contributed by atoms with Crippen molar-refractivity contribution in [3.8, 4) is 0 Å². The second-order valence-corrected chi connectivity index (χ2v) is 5.76. The fraction of sp³-hybridized carbons (Fsp3) is 0.308. The Kier molecular flexibility index (Phi) is 3.80. The molecule has 1 atom stereocenters. The van der Waals surface area contributed by atoms with Crippen LogP contribution in [0.2, 0.25) is 0 Å². The van der Waals surface area contributed by atoms with Gasteiger partial charge >= 0.3 is 0 Å². The van der Waals surface area contributed by atoms with Crippen molar-refractivity contribution in [1.82, 2.24) is 4.98 Å². The highest BCUT2D eigenvalue weighted by atomic mass is 32.1. The van der Waals surface area contributed by atoms with Crippen LogP contribution in [0.4, 0.5) is 11.4 Å². The van der Waals surface area contributed by atoms with Crippen molar-refractivity contribution in [3.63, 3.8) is 0 Å². The molecule has 0 aliphatic rings. The van der Waals surface area contributed by atoms with Crippen LogP contribution in [0.15, 0.2) is 24.3 Å². The zero-order chi connectivity index (χ0) is 14.0. The predicted molar refractivity (Wildman–Crippen MR) is 76.7 cm³/mol. The average Bonchev–Trinajstić information content (AvgIpc) is 2.69. The number of non-ortho nitro benzene ring substituents is 1. The number of hydrogen-bond acceptors (Lipinski definition) is 5. The molecule has 1 aromatic carbocycles. The number of nitrogens with one attached hydrogen (secondary N) is 1. The Labute approximate surface area is 115 Å². The number of nitro benzene ring substituents is 1. The number of anilines is 1. The summed E-state index contributed by atoms with van der Waals surface area (Å²) in [4.78, 5) is 16.0. The maximum atomic E-state index is 10.7. The van der Waals surface area contributed by atoms with Gasteiger partial charge in [-0.15, -0.1) is 11.3 Å². The molecular formula is C13H15N3O2S. The zero-order valence-electron chi connectivity index (χ0n) is 11.0. The molecule has 0 amide bonds. The van der Waals surface area contributed by atoms with Gasteiger partial charge in [0.1, 0.15) is 0 Å². The lowest BCUT2D eigenvalue weighted by atomic mass is 10.2. The maximum absolute atomic E-state index is 10.7. The van der Waals surface area contributed by atoms with Crippen molar-refractivity contribution in [2.75, 3.05) is 5.32 Å². The first-order valence-corrected chi connectivity index (χ1v) is 6.74. The average molecular weight is 277 g/mol. The predicted octanol–water partition coefficient (Wildman–Crippen LogP) is 3.84. The third-order valence-corrected chi connectivity index (χ3v) is 3.69. The molecule has 0 saturated heterocycles. The van der Waals surface area contributed by atoms with E-state index in [-0.39, 0.29) is 11.7 Å². The van der Waals surface area contributed by atoms with E-state index in [1.807, 2.05) is 26.8 Å². The normalized spacial score (nSPS) is 12.2. The van der Waals surface area contributed by atoms with Gasteiger partial charge in [-0.05, 0) is 26.8 Å². The van der Waals surface area contributed by atoms with Gasteiger partial charge in [0.05, 0.1) is 21.7 Å². The van der Waals surface area contributed by atoms with Gasteiger partial charge in [-0.1, -0.05) is 6.07 Å². The lowest BCUT2D eigenvalue weighted by molar-refractivity contribution is -0.384. The molecule has 2 rings (SSSR count). The quantitative estimate of drug-likeness (QED) is 0.681. The summed E-state index contributed by atoms with van der Waals surface area (Å²) in [6.07, 6.45) is 0. The summed E-state index contributed by atoms with van der Waals surface area (Å²) in [5.74, 6) is 0. The molecule has 0 aliphatic carbocycles. The van der Waals surface area contributed by atoms with Crippen LogP contribution in [-0.4, -0.2) is 9.91 Å². The minimum absolute atomic E-state index is 0.0203. The molecule has 0 aliphatic heterocycles. The molecule has 0 fully saturated rings. The molecule has 19 heavy (non-hydrogen) atoms. The standard InChI is InChI=1S/C13H15N3O2S/c1-8(13-9(2)19-10(3)15-13)14-11-5-4-6-12(7-11)16(17)18/h4-8,14H,1-3H3. The molecule has 1 aromatic heterocycles. The van der Waals surface area contributed by atoms with E-state index in [4.69, 9.17) is 0 Å². The van der Waals surface area contributed by atoms with Crippen molar-refractivity contribution in [2.24, 2.45) is 0 Å². The molecule has 0 bridgehead atoms. The minimum atomic E-state index is -0.395. The minimum Gasteiger partial charge on any atom is -0.377 e. The van der Waals surface area contributed by atoms with E-state index in [1.165, 1.54) is 17.0 Å². The van der Waals surface area contributed by atoms with E-state index in [0.717, 1.165) is 16.4 Å². The van der Waals surface area contributed by atoms with Gasteiger partial charge in [-0.25, -0.2) is 4.98 Å². The SMILES string of the molecule is Cc1nc(C(C)Nc2cccc([N+](=O)[O-])c2)c(C)s1. The Morgan fingerprint density at radius 1 is 1.42 bits per heavy atom. The Morgan fingerprint density at radius 3 is 2.74 bits per heavy atom. The monoisotopic (exact) mass is 277 g/mol. The highest BCUT2D eigenvalue weighted by molar-refractivity contribution is 7.11. The summed E-state index contributed by atoms with van der Waals surface area (Å²) in [5, 5.41) is 15.0. The highest BCUT2D eigenvalue weighted by Gasteiger charge is 2.14. The first kappa shape index (κ1) is 13.5. The summed E-state index contributed by atoms with van der Waals surface area (Å²) in [6.45, 7) is 6.01. The fourth-order valence-corrected chi connectivity index (χ4v) is 2.89. The summed E-state index contributed by atoms with van der Waals surface area (Å²) in [7, 11) is 0. The van der Waals surface area contributed by atoms with Crippen LogP contribution < -0.4 is 5.32 Å². The van der Waals surface area contributed by atoms with Crippen LogP contribution in [0.1, 0.15) is 28.5 Å². The molecule has 0 radical (unpaired) electrons. The van der Waals surface area contributed by atoms with Crippen LogP contribution in [0, 0.1) is 24.0 Å². The number of aromatic nitrogens is 1. The van der Waals surface area contributed by atoms with Crippen molar-refractivity contribution in [2.45, 2.75) is 26.8 Å². The van der Waals surface area contributed by atoms with Crippen LogP contribution in [0.5, 0.6) is 0 Å².